The van der Waals surface area contributed by atoms with Crippen LogP contribution >= 0.6 is 0 Å². The van der Waals surface area contributed by atoms with Gasteiger partial charge in [0, 0.05) is 12.0 Å². The highest BCUT2D eigenvalue weighted by atomic mass is 16.5. The fourth-order valence-electron chi connectivity index (χ4n) is 1.01. The van der Waals surface area contributed by atoms with Gasteiger partial charge in [0.1, 0.15) is 5.76 Å². The Labute approximate surface area is 75.0 Å². The van der Waals surface area contributed by atoms with E-state index in [1.807, 2.05) is 20.0 Å². The van der Waals surface area contributed by atoms with Crippen LogP contribution in [0.15, 0.2) is 10.7 Å². The molecule has 0 fully saturated rings. The molecule has 0 aliphatic carbocycles. The van der Waals surface area contributed by atoms with Crippen LogP contribution in [0.25, 0.3) is 0 Å². The minimum atomic E-state index is 1.02. The van der Waals surface area contributed by atoms with Gasteiger partial charge in [0.05, 0.1) is 6.20 Å². The third-order valence-electron chi connectivity index (χ3n) is 1.59. The Balaban J connectivity index is 0.000000561. The van der Waals surface area contributed by atoms with Gasteiger partial charge >= 0.3 is 0 Å². The maximum Gasteiger partial charge on any atom is 0.139 e. The molecule has 0 aliphatic heterocycles. The topological polar surface area (TPSA) is 26.0 Å². The summed E-state index contributed by atoms with van der Waals surface area (Å²) in [5, 5.41) is 3.74. The van der Waals surface area contributed by atoms with Gasteiger partial charge in [-0.15, -0.1) is 0 Å². The molecule has 1 aromatic heterocycles. The van der Waals surface area contributed by atoms with Crippen LogP contribution in [-0.4, -0.2) is 5.16 Å². The van der Waals surface area contributed by atoms with Crippen molar-refractivity contribution in [1.82, 2.24) is 5.16 Å². The van der Waals surface area contributed by atoms with Gasteiger partial charge in [0.2, 0.25) is 0 Å². The molecule has 0 unspecified atom stereocenters. The predicted octanol–water partition coefficient (Wildman–Crippen LogP) is 3.22. The van der Waals surface area contributed by atoms with Gasteiger partial charge < -0.3 is 4.52 Å². The van der Waals surface area contributed by atoms with Crippen LogP contribution in [-0.2, 0) is 12.8 Å². The lowest BCUT2D eigenvalue weighted by atomic mass is 10.1. The highest BCUT2D eigenvalue weighted by Gasteiger charge is 2.02. The van der Waals surface area contributed by atoms with Gasteiger partial charge in [0.15, 0.2) is 0 Å². The minimum absolute atomic E-state index is 1.02. The van der Waals surface area contributed by atoms with Crippen molar-refractivity contribution in [3.63, 3.8) is 0 Å². The van der Waals surface area contributed by atoms with Crippen LogP contribution in [0, 0.1) is 0 Å². The van der Waals surface area contributed by atoms with E-state index < -0.39 is 0 Å². The number of rotatable bonds is 3. The van der Waals surface area contributed by atoms with Crippen LogP contribution in [0.5, 0.6) is 0 Å². The van der Waals surface area contributed by atoms with Crippen molar-refractivity contribution < 1.29 is 4.52 Å². The highest BCUT2D eigenvalue weighted by molar-refractivity contribution is 5.12. The molecule has 1 aromatic rings. The molecule has 0 aliphatic rings. The third-order valence-corrected chi connectivity index (χ3v) is 1.59. The summed E-state index contributed by atoms with van der Waals surface area (Å²) >= 11 is 0. The molecule has 0 aromatic carbocycles. The fourth-order valence-corrected chi connectivity index (χ4v) is 1.01. The summed E-state index contributed by atoms with van der Waals surface area (Å²) < 4.78 is 5.05. The zero-order chi connectivity index (χ0) is 9.40. The Kier molecular flexibility index (Phi) is 6.44. The van der Waals surface area contributed by atoms with Gasteiger partial charge in [-0.1, -0.05) is 32.9 Å². The summed E-state index contributed by atoms with van der Waals surface area (Å²) in [6.45, 7) is 8.26. The molecule has 1 rings (SSSR count). The van der Waals surface area contributed by atoms with Crippen LogP contribution in [0.3, 0.4) is 0 Å². The van der Waals surface area contributed by atoms with Crippen molar-refractivity contribution in [3.8, 4) is 0 Å². The minimum Gasteiger partial charge on any atom is -0.361 e. The number of aromatic nitrogens is 1. The quantitative estimate of drug-likeness (QED) is 0.694. The molecular weight excluding hydrogens is 150 g/mol. The molecule has 0 amide bonds. The van der Waals surface area contributed by atoms with E-state index in [1.165, 1.54) is 5.56 Å². The van der Waals surface area contributed by atoms with E-state index >= 15 is 0 Å². The summed E-state index contributed by atoms with van der Waals surface area (Å²) in [5.41, 5.74) is 1.25. The average Bonchev–Trinajstić information content (AvgIpc) is 2.56. The van der Waals surface area contributed by atoms with E-state index in [4.69, 9.17) is 4.52 Å². The van der Waals surface area contributed by atoms with E-state index in [9.17, 15) is 0 Å². The van der Waals surface area contributed by atoms with Gasteiger partial charge in [-0.25, -0.2) is 0 Å². The molecule has 70 valence electrons. The zero-order valence-corrected chi connectivity index (χ0v) is 8.55. The number of hydrogen-bond acceptors (Lipinski definition) is 2. The van der Waals surface area contributed by atoms with E-state index in [0.29, 0.717) is 0 Å². The van der Waals surface area contributed by atoms with Crippen molar-refractivity contribution in [3.05, 3.63) is 17.5 Å². The van der Waals surface area contributed by atoms with Crippen molar-refractivity contribution in [2.24, 2.45) is 0 Å². The maximum atomic E-state index is 5.05. The summed E-state index contributed by atoms with van der Waals surface area (Å²) in [6.07, 6.45) is 4.98. The van der Waals surface area contributed by atoms with Crippen molar-refractivity contribution >= 4 is 0 Å². The molecule has 0 bridgehead atoms. The van der Waals surface area contributed by atoms with Crippen molar-refractivity contribution in [2.45, 2.75) is 47.0 Å². The lowest BCUT2D eigenvalue weighted by Crippen LogP contribution is -1.85. The molecule has 2 heteroatoms. The van der Waals surface area contributed by atoms with Crippen LogP contribution in [0.4, 0.5) is 0 Å². The van der Waals surface area contributed by atoms with Gasteiger partial charge in [-0.2, -0.15) is 0 Å². The highest BCUT2D eigenvalue weighted by Crippen LogP contribution is 2.10. The largest absolute Gasteiger partial charge is 0.361 e. The Bertz CT molecular complexity index is 193. The van der Waals surface area contributed by atoms with Gasteiger partial charge in [0.25, 0.3) is 0 Å². The fraction of sp³-hybridized carbons (Fsp3) is 0.700. The molecule has 2 nitrogen and oxygen atoms in total. The number of nitrogens with zero attached hydrogens (tertiary/aromatic N) is 1. The first-order valence-corrected chi connectivity index (χ1v) is 4.80. The Morgan fingerprint density at radius 3 is 2.50 bits per heavy atom. The smallest absolute Gasteiger partial charge is 0.139 e. The summed E-state index contributed by atoms with van der Waals surface area (Å²) in [6, 6.07) is 0. The Morgan fingerprint density at radius 2 is 2.00 bits per heavy atom. The number of aryl methyl sites for hydroxylation is 2. The van der Waals surface area contributed by atoms with Crippen LogP contribution < -0.4 is 0 Å². The number of hydrogen-bond donors (Lipinski definition) is 0. The predicted molar refractivity (Wildman–Crippen MR) is 51.2 cm³/mol. The molecule has 0 saturated heterocycles. The second-order valence-corrected chi connectivity index (χ2v) is 2.38. The maximum absolute atomic E-state index is 5.05. The van der Waals surface area contributed by atoms with E-state index in [-0.39, 0.29) is 0 Å². The van der Waals surface area contributed by atoms with E-state index in [2.05, 4.69) is 19.0 Å². The van der Waals surface area contributed by atoms with E-state index in [1.54, 1.807) is 0 Å². The summed E-state index contributed by atoms with van der Waals surface area (Å²) in [4.78, 5) is 0. The van der Waals surface area contributed by atoms with Crippen molar-refractivity contribution in [1.29, 1.82) is 0 Å². The summed E-state index contributed by atoms with van der Waals surface area (Å²) in [5.74, 6) is 1.06. The molecule has 0 saturated carbocycles. The lowest BCUT2D eigenvalue weighted by molar-refractivity contribution is 0.381. The zero-order valence-electron chi connectivity index (χ0n) is 8.55. The molecule has 0 radical (unpaired) electrons. The Morgan fingerprint density at radius 1 is 1.33 bits per heavy atom. The third kappa shape index (κ3) is 3.07. The van der Waals surface area contributed by atoms with Crippen LogP contribution in [0.1, 0.15) is 45.4 Å². The lowest BCUT2D eigenvalue weighted by Gasteiger charge is -1.92. The monoisotopic (exact) mass is 169 g/mol. The first kappa shape index (κ1) is 11.2. The first-order chi connectivity index (χ1) is 5.88. The average molecular weight is 169 g/mol. The van der Waals surface area contributed by atoms with Gasteiger partial charge in [-0.3, -0.25) is 0 Å². The van der Waals surface area contributed by atoms with Crippen LogP contribution in [0.2, 0.25) is 0 Å². The first-order valence-electron chi connectivity index (χ1n) is 4.80. The van der Waals surface area contributed by atoms with Gasteiger partial charge in [-0.05, 0) is 12.8 Å². The second-order valence-electron chi connectivity index (χ2n) is 2.38. The SMILES string of the molecule is CC.CCCc1oncc1CC. The standard InChI is InChI=1S/C8H13NO.C2H6/c1-3-5-8-7(4-2)6-9-10-8;1-2/h6H,3-5H2,1-2H3;1-2H3. The molecule has 1 heterocycles. The van der Waals surface area contributed by atoms with Crippen molar-refractivity contribution in [2.75, 3.05) is 0 Å². The molecule has 0 atom stereocenters. The molecule has 12 heavy (non-hydrogen) atoms. The molecule has 0 N–H and O–H groups in total. The van der Waals surface area contributed by atoms with E-state index in [0.717, 1.165) is 25.0 Å². The second kappa shape index (κ2) is 6.89. The summed E-state index contributed by atoms with van der Waals surface area (Å²) in [7, 11) is 0. The Hall–Kier alpha value is -0.790. The molecule has 0 spiro atoms. The normalized spacial score (nSPS) is 9.00. The molecular formula is C10H19NO.